The fraction of sp³-hybridized carbons (Fsp3) is 0.500. The first-order valence-electron chi connectivity index (χ1n) is 8.47. The Morgan fingerprint density at radius 3 is 2.96 bits per heavy atom. The Balaban J connectivity index is 1.60. The monoisotopic (exact) mass is 364 g/mol. The molecule has 3 rings (SSSR count). The van der Waals surface area contributed by atoms with Gasteiger partial charge in [0.25, 0.3) is 0 Å². The van der Waals surface area contributed by atoms with Crippen LogP contribution in [0.15, 0.2) is 23.7 Å². The largest absolute Gasteiger partial charge is 0.497 e. The summed E-state index contributed by atoms with van der Waals surface area (Å²) in [6, 6.07) is 5.03. The van der Waals surface area contributed by atoms with Crippen LogP contribution in [0.1, 0.15) is 22.2 Å². The van der Waals surface area contributed by atoms with Gasteiger partial charge in [-0.15, -0.1) is 11.3 Å². The average molecular weight is 364 g/mol. The molecule has 136 valence electrons. The van der Waals surface area contributed by atoms with Gasteiger partial charge in [-0.1, -0.05) is 6.07 Å². The third kappa shape index (κ3) is 4.36. The van der Waals surface area contributed by atoms with Gasteiger partial charge in [0.15, 0.2) is 0 Å². The van der Waals surface area contributed by atoms with E-state index in [2.05, 4.69) is 34.7 Å². The van der Waals surface area contributed by atoms with Crippen molar-refractivity contribution in [2.75, 3.05) is 33.8 Å². The van der Waals surface area contributed by atoms with Crippen LogP contribution in [0.5, 0.6) is 5.75 Å². The number of nitrogens with zero attached hydrogens (tertiary/aromatic N) is 2. The lowest BCUT2D eigenvalue weighted by Gasteiger charge is -2.25. The summed E-state index contributed by atoms with van der Waals surface area (Å²) in [4.78, 5) is 7.95. The smallest absolute Gasteiger partial charge is 0.131 e. The Morgan fingerprint density at radius 1 is 1.44 bits per heavy atom. The number of ether oxygens (including phenoxy) is 1. The fourth-order valence-corrected chi connectivity index (χ4v) is 4.04. The minimum absolute atomic E-state index is 0.0431. The Morgan fingerprint density at radius 2 is 2.28 bits per heavy atom. The molecule has 1 fully saturated rings. The fourth-order valence-electron chi connectivity index (χ4n) is 3.27. The van der Waals surface area contributed by atoms with Crippen LogP contribution in [0.4, 0.5) is 4.39 Å². The number of methoxy groups -OCH3 is 1. The van der Waals surface area contributed by atoms with Crippen LogP contribution in [-0.2, 0) is 6.42 Å². The summed E-state index contributed by atoms with van der Waals surface area (Å²) in [6.45, 7) is 4.74. The number of rotatable bonds is 7. The number of halogens is 1. The second-order valence-electron chi connectivity index (χ2n) is 6.52. The number of aryl methyl sites for hydroxylation is 1. The zero-order chi connectivity index (χ0) is 17.8. The van der Waals surface area contributed by atoms with Crippen molar-refractivity contribution in [1.29, 1.82) is 0 Å². The lowest BCUT2D eigenvalue weighted by atomic mass is 9.94. The topological polar surface area (TPSA) is 49.4 Å². The first kappa shape index (κ1) is 18.3. The van der Waals surface area contributed by atoms with Crippen LogP contribution < -0.4 is 15.6 Å². The number of thiazole rings is 1. The summed E-state index contributed by atoms with van der Waals surface area (Å²) in [6.07, 6.45) is 1.00. The molecular weight excluding hydrogens is 339 g/mol. The van der Waals surface area contributed by atoms with Gasteiger partial charge in [0.05, 0.1) is 24.4 Å². The van der Waals surface area contributed by atoms with Crippen molar-refractivity contribution < 1.29 is 9.13 Å². The van der Waals surface area contributed by atoms with Gasteiger partial charge >= 0.3 is 0 Å². The molecule has 0 bridgehead atoms. The maximum atomic E-state index is 14.4. The van der Waals surface area contributed by atoms with Gasteiger partial charge in [-0.05, 0) is 26.5 Å². The molecule has 0 amide bonds. The van der Waals surface area contributed by atoms with Gasteiger partial charge in [0.1, 0.15) is 11.6 Å². The van der Waals surface area contributed by atoms with Crippen molar-refractivity contribution in [2.24, 2.45) is 5.92 Å². The molecule has 2 aromatic rings. The van der Waals surface area contributed by atoms with Crippen LogP contribution in [0.3, 0.4) is 0 Å². The van der Waals surface area contributed by atoms with Crippen LogP contribution in [0.2, 0.25) is 0 Å². The molecule has 0 aliphatic carbocycles. The number of likely N-dealkylation sites (N-methyl/N-ethyl adjacent to an activating group) is 1. The third-order valence-electron chi connectivity index (χ3n) is 4.75. The molecule has 5 nitrogen and oxygen atoms in total. The first-order valence-corrected chi connectivity index (χ1v) is 9.35. The summed E-state index contributed by atoms with van der Waals surface area (Å²) in [5.41, 5.74) is 10.1. The lowest BCUT2D eigenvalue weighted by molar-refractivity contribution is 0.270. The number of benzene rings is 1. The molecule has 25 heavy (non-hydrogen) atoms. The zero-order valence-corrected chi connectivity index (χ0v) is 15.7. The summed E-state index contributed by atoms with van der Waals surface area (Å²) in [5.74, 6) is 0.616. The Kier molecular flexibility index (Phi) is 6.01. The predicted molar refractivity (Wildman–Crippen MR) is 98.4 cm³/mol. The van der Waals surface area contributed by atoms with Crippen molar-refractivity contribution in [1.82, 2.24) is 20.7 Å². The van der Waals surface area contributed by atoms with Crippen LogP contribution in [0, 0.1) is 18.7 Å². The summed E-state index contributed by atoms with van der Waals surface area (Å²) in [7, 11) is 3.67. The van der Waals surface area contributed by atoms with E-state index in [4.69, 9.17) is 4.74 Å². The van der Waals surface area contributed by atoms with E-state index >= 15 is 0 Å². The molecule has 2 N–H and O–H groups in total. The van der Waals surface area contributed by atoms with Crippen LogP contribution >= 0.6 is 11.3 Å². The maximum absolute atomic E-state index is 14.4. The lowest BCUT2D eigenvalue weighted by Crippen LogP contribution is -2.32. The Bertz CT molecular complexity index is 708. The normalized spacial score (nSPS) is 20.4. The van der Waals surface area contributed by atoms with E-state index in [1.54, 1.807) is 18.4 Å². The van der Waals surface area contributed by atoms with Crippen LogP contribution in [-0.4, -0.2) is 43.7 Å². The highest BCUT2D eigenvalue weighted by Crippen LogP contribution is 2.29. The van der Waals surface area contributed by atoms with Gasteiger partial charge < -0.3 is 9.64 Å². The van der Waals surface area contributed by atoms with Crippen molar-refractivity contribution in [3.8, 4) is 5.75 Å². The second kappa shape index (κ2) is 8.23. The van der Waals surface area contributed by atoms with E-state index in [0.29, 0.717) is 17.2 Å². The first-order chi connectivity index (χ1) is 12.1. The van der Waals surface area contributed by atoms with E-state index < -0.39 is 0 Å². The molecular formula is C18H25FN4OS. The molecule has 1 saturated heterocycles. The molecule has 0 saturated carbocycles. The summed E-state index contributed by atoms with van der Waals surface area (Å²) >= 11 is 1.71. The molecule has 1 aliphatic rings. The molecule has 1 aliphatic heterocycles. The minimum Gasteiger partial charge on any atom is -0.497 e. The van der Waals surface area contributed by atoms with Gasteiger partial charge in [-0.3, -0.25) is 5.43 Å². The molecule has 1 aromatic heterocycles. The van der Waals surface area contributed by atoms with Crippen LogP contribution in [0.25, 0.3) is 0 Å². The molecule has 2 heterocycles. The average Bonchev–Trinajstić information content (AvgIpc) is 3.22. The van der Waals surface area contributed by atoms with Crippen molar-refractivity contribution >= 4 is 11.3 Å². The summed E-state index contributed by atoms with van der Waals surface area (Å²) in [5, 5.41) is 0. The number of hydrogen-bond donors (Lipinski definition) is 2. The third-order valence-corrected chi connectivity index (χ3v) is 5.74. The highest BCUT2D eigenvalue weighted by molar-refractivity contribution is 7.09. The maximum Gasteiger partial charge on any atom is 0.131 e. The van der Waals surface area contributed by atoms with Gasteiger partial charge in [0.2, 0.25) is 0 Å². The highest BCUT2D eigenvalue weighted by Gasteiger charge is 2.31. The van der Waals surface area contributed by atoms with Gasteiger partial charge in [-0.2, -0.15) is 0 Å². The Labute approximate surface area is 152 Å². The predicted octanol–water partition coefficient (Wildman–Crippen LogP) is 2.54. The van der Waals surface area contributed by atoms with Gasteiger partial charge in [-0.25, -0.2) is 14.8 Å². The molecule has 0 radical (unpaired) electrons. The van der Waals surface area contributed by atoms with E-state index in [1.807, 2.05) is 17.6 Å². The quantitative estimate of drug-likeness (QED) is 0.791. The van der Waals surface area contributed by atoms with E-state index in [9.17, 15) is 4.39 Å². The van der Waals surface area contributed by atoms with E-state index in [1.165, 1.54) is 10.9 Å². The number of hydrogen-bond acceptors (Lipinski definition) is 6. The molecule has 1 aromatic carbocycles. The number of aromatic nitrogens is 1. The number of hydrazine groups is 1. The number of nitrogens with one attached hydrogen (secondary N) is 2. The SMILES string of the molecule is COc1ccc(C2NNCC2CN(C)CCc2scnc2C)c(F)c1. The zero-order valence-electron chi connectivity index (χ0n) is 14.9. The standard InChI is InChI=1S/C18H25FN4OS/c1-12-17(25-11-20-12)6-7-23(2)10-13-9-21-22-18(13)15-5-4-14(24-3)8-16(15)19/h4-5,8,11,13,18,21-22H,6-7,9-10H2,1-3H3. The molecule has 7 heteroatoms. The van der Waals surface area contributed by atoms with E-state index in [0.717, 1.165) is 31.7 Å². The molecule has 2 atom stereocenters. The van der Waals surface area contributed by atoms with Crippen molar-refractivity contribution in [3.63, 3.8) is 0 Å². The van der Waals surface area contributed by atoms with E-state index in [-0.39, 0.29) is 11.9 Å². The second-order valence-corrected chi connectivity index (χ2v) is 7.46. The highest BCUT2D eigenvalue weighted by atomic mass is 32.1. The Hall–Kier alpha value is -1.54. The summed E-state index contributed by atoms with van der Waals surface area (Å²) < 4.78 is 19.5. The van der Waals surface area contributed by atoms with Crippen molar-refractivity contribution in [2.45, 2.75) is 19.4 Å². The van der Waals surface area contributed by atoms with Gasteiger partial charge in [0, 0.05) is 42.1 Å². The van der Waals surface area contributed by atoms with Crippen molar-refractivity contribution in [3.05, 3.63) is 45.7 Å². The minimum atomic E-state index is -0.228. The molecule has 0 spiro atoms. The molecule has 2 unspecified atom stereocenters.